The number of rotatable bonds is 3. The average molecular weight is 283 g/mol. The first-order valence-electron chi connectivity index (χ1n) is 6.72. The molecule has 1 heterocycles. The van der Waals surface area contributed by atoms with Crippen LogP contribution in [0.5, 0.6) is 0 Å². The Labute approximate surface area is 123 Å². The molecule has 2 aromatic rings. The van der Waals surface area contributed by atoms with Crippen molar-refractivity contribution in [1.82, 2.24) is 4.98 Å². The van der Waals surface area contributed by atoms with Crippen LogP contribution in [0.25, 0.3) is 0 Å². The van der Waals surface area contributed by atoms with Crippen molar-refractivity contribution >= 4 is 23.3 Å². The highest BCUT2D eigenvalue weighted by Crippen LogP contribution is 2.10. The minimum Gasteiger partial charge on any atom is -0.318 e. The second-order valence-electron chi connectivity index (χ2n) is 4.68. The maximum absolute atomic E-state index is 11.8. The molecule has 0 atom stereocenters. The highest BCUT2D eigenvalue weighted by Gasteiger charge is 2.14. The molecule has 0 radical (unpaired) electrons. The number of nitrogens with zero attached hydrogens (tertiary/aromatic N) is 1. The molecule has 21 heavy (non-hydrogen) atoms. The standard InChI is InChI=1S/C16H17N3O2/c1-3-12-4-6-13(7-5-12)18-15(20)16(21)19-14-10-11(2)8-9-17-14/h4-10H,3H2,1-2H3,(H,18,20)(H,17,19,21). The summed E-state index contributed by atoms with van der Waals surface area (Å²) in [5.74, 6) is -1.10. The summed E-state index contributed by atoms with van der Waals surface area (Å²) in [6, 6.07) is 10.9. The highest BCUT2D eigenvalue weighted by molar-refractivity contribution is 6.43. The van der Waals surface area contributed by atoms with Crippen LogP contribution in [0.4, 0.5) is 11.5 Å². The number of anilines is 2. The average Bonchev–Trinajstić information content (AvgIpc) is 2.48. The van der Waals surface area contributed by atoms with E-state index in [2.05, 4.69) is 22.5 Å². The second-order valence-corrected chi connectivity index (χ2v) is 4.68. The molecule has 0 bridgehead atoms. The molecule has 0 unspecified atom stereocenters. The van der Waals surface area contributed by atoms with E-state index in [0.717, 1.165) is 12.0 Å². The first-order valence-corrected chi connectivity index (χ1v) is 6.72. The number of amides is 2. The summed E-state index contributed by atoms with van der Waals surface area (Å²) < 4.78 is 0. The van der Waals surface area contributed by atoms with Crippen molar-refractivity contribution in [2.24, 2.45) is 0 Å². The van der Waals surface area contributed by atoms with Gasteiger partial charge in [-0.25, -0.2) is 4.98 Å². The molecular formula is C16H17N3O2. The van der Waals surface area contributed by atoms with Crippen LogP contribution < -0.4 is 10.6 Å². The number of carbonyl (C=O) groups is 2. The zero-order valence-corrected chi connectivity index (χ0v) is 12.0. The topological polar surface area (TPSA) is 71.1 Å². The van der Waals surface area contributed by atoms with Crippen molar-refractivity contribution < 1.29 is 9.59 Å². The third kappa shape index (κ3) is 4.14. The van der Waals surface area contributed by atoms with E-state index in [-0.39, 0.29) is 0 Å². The van der Waals surface area contributed by atoms with Crippen LogP contribution in [-0.4, -0.2) is 16.8 Å². The van der Waals surface area contributed by atoms with Gasteiger partial charge in [-0.15, -0.1) is 0 Å². The highest BCUT2D eigenvalue weighted by atomic mass is 16.2. The number of benzene rings is 1. The first kappa shape index (κ1) is 14.7. The third-order valence-corrected chi connectivity index (χ3v) is 2.98. The molecule has 2 N–H and O–H groups in total. The molecule has 0 saturated carbocycles. The molecule has 2 amide bonds. The summed E-state index contributed by atoms with van der Waals surface area (Å²) in [5, 5.41) is 5.01. The zero-order chi connectivity index (χ0) is 15.2. The molecule has 0 aliphatic heterocycles. The predicted octanol–water partition coefficient (Wildman–Crippen LogP) is 2.53. The van der Waals surface area contributed by atoms with Crippen molar-refractivity contribution in [2.75, 3.05) is 10.6 Å². The Morgan fingerprint density at radius 3 is 2.33 bits per heavy atom. The van der Waals surface area contributed by atoms with E-state index in [0.29, 0.717) is 11.5 Å². The van der Waals surface area contributed by atoms with Crippen LogP contribution in [0, 0.1) is 6.92 Å². The van der Waals surface area contributed by atoms with Crippen LogP contribution in [-0.2, 0) is 16.0 Å². The van der Waals surface area contributed by atoms with Crippen molar-refractivity contribution in [1.29, 1.82) is 0 Å². The normalized spacial score (nSPS) is 10.0. The van der Waals surface area contributed by atoms with Crippen molar-refractivity contribution in [3.63, 3.8) is 0 Å². The molecule has 5 nitrogen and oxygen atoms in total. The Bertz CT molecular complexity index is 651. The van der Waals surface area contributed by atoms with E-state index in [1.165, 1.54) is 5.56 Å². The molecule has 1 aromatic heterocycles. The summed E-state index contributed by atoms with van der Waals surface area (Å²) in [5.41, 5.74) is 2.71. The smallest absolute Gasteiger partial charge is 0.315 e. The van der Waals surface area contributed by atoms with E-state index in [1.807, 2.05) is 25.1 Å². The molecule has 5 heteroatoms. The Morgan fingerprint density at radius 1 is 1.05 bits per heavy atom. The number of nitrogens with one attached hydrogen (secondary N) is 2. The quantitative estimate of drug-likeness (QED) is 0.850. The van der Waals surface area contributed by atoms with E-state index in [4.69, 9.17) is 0 Å². The molecule has 0 aliphatic rings. The number of hydrogen-bond acceptors (Lipinski definition) is 3. The summed E-state index contributed by atoms with van der Waals surface area (Å²) in [7, 11) is 0. The van der Waals surface area contributed by atoms with E-state index in [1.54, 1.807) is 24.4 Å². The SMILES string of the molecule is CCc1ccc(NC(=O)C(=O)Nc2cc(C)ccn2)cc1. The van der Waals surface area contributed by atoms with Gasteiger partial charge in [0, 0.05) is 11.9 Å². The first-order chi connectivity index (χ1) is 10.1. The van der Waals surface area contributed by atoms with Gasteiger partial charge >= 0.3 is 11.8 Å². The predicted molar refractivity (Wildman–Crippen MR) is 82.1 cm³/mol. The lowest BCUT2D eigenvalue weighted by molar-refractivity contribution is -0.133. The lowest BCUT2D eigenvalue weighted by Crippen LogP contribution is -2.29. The Balaban J connectivity index is 1.97. The van der Waals surface area contributed by atoms with Crippen LogP contribution in [0.3, 0.4) is 0 Å². The number of aromatic nitrogens is 1. The molecule has 0 aliphatic carbocycles. The summed E-state index contributed by atoms with van der Waals surface area (Å²) in [6.45, 7) is 3.93. The van der Waals surface area contributed by atoms with E-state index >= 15 is 0 Å². The van der Waals surface area contributed by atoms with Crippen molar-refractivity contribution in [3.05, 3.63) is 53.7 Å². The fourth-order valence-electron chi connectivity index (χ4n) is 1.79. The van der Waals surface area contributed by atoms with Gasteiger partial charge in [-0.2, -0.15) is 0 Å². The molecule has 2 rings (SSSR count). The molecule has 0 saturated heterocycles. The van der Waals surface area contributed by atoms with Crippen LogP contribution in [0.1, 0.15) is 18.1 Å². The van der Waals surface area contributed by atoms with Gasteiger partial charge in [0.15, 0.2) is 0 Å². The summed E-state index contributed by atoms with van der Waals surface area (Å²) in [6.07, 6.45) is 2.50. The molecular weight excluding hydrogens is 266 g/mol. The van der Waals surface area contributed by atoms with Gasteiger partial charge in [0.1, 0.15) is 5.82 Å². The van der Waals surface area contributed by atoms with E-state index < -0.39 is 11.8 Å². The lowest BCUT2D eigenvalue weighted by atomic mass is 10.1. The fourth-order valence-corrected chi connectivity index (χ4v) is 1.79. The number of hydrogen-bond donors (Lipinski definition) is 2. The monoisotopic (exact) mass is 283 g/mol. The van der Waals surface area contributed by atoms with Crippen LogP contribution >= 0.6 is 0 Å². The minimum atomic E-state index is -0.743. The van der Waals surface area contributed by atoms with Gasteiger partial charge < -0.3 is 10.6 Å². The Hall–Kier alpha value is -2.69. The number of pyridine rings is 1. The van der Waals surface area contributed by atoms with Crippen molar-refractivity contribution in [2.45, 2.75) is 20.3 Å². The van der Waals surface area contributed by atoms with Crippen LogP contribution in [0.15, 0.2) is 42.6 Å². The Morgan fingerprint density at radius 2 is 1.71 bits per heavy atom. The lowest BCUT2D eigenvalue weighted by Gasteiger charge is -2.07. The van der Waals surface area contributed by atoms with Gasteiger partial charge in [0.2, 0.25) is 0 Å². The van der Waals surface area contributed by atoms with Gasteiger partial charge in [0.05, 0.1) is 0 Å². The zero-order valence-electron chi connectivity index (χ0n) is 12.0. The molecule has 0 fully saturated rings. The van der Waals surface area contributed by atoms with Gasteiger partial charge in [0.25, 0.3) is 0 Å². The van der Waals surface area contributed by atoms with Gasteiger partial charge in [-0.05, 0) is 48.7 Å². The number of aryl methyl sites for hydroxylation is 2. The molecule has 1 aromatic carbocycles. The van der Waals surface area contributed by atoms with Crippen molar-refractivity contribution in [3.8, 4) is 0 Å². The van der Waals surface area contributed by atoms with Gasteiger partial charge in [-0.3, -0.25) is 9.59 Å². The second kappa shape index (κ2) is 6.65. The van der Waals surface area contributed by atoms with Crippen LogP contribution in [0.2, 0.25) is 0 Å². The summed E-state index contributed by atoms with van der Waals surface area (Å²) >= 11 is 0. The molecule has 0 spiro atoms. The maximum atomic E-state index is 11.8. The largest absolute Gasteiger partial charge is 0.318 e. The minimum absolute atomic E-state index is 0.358. The third-order valence-electron chi connectivity index (χ3n) is 2.98. The maximum Gasteiger partial charge on any atom is 0.315 e. The van der Waals surface area contributed by atoms with E-state index in [9.17, 15) is 9.59 Å². The Kier molecular flexibility index (Phi) is 4.66. The van der Waals surface area contributed by atoms with Gasteiger partial charge in [-0.1, -0.05) is 19.1 Å². The fraction of sp³-hybridized carbons (Fsp3) is 0.188. The number of carbonyl (C=O) groups excluding carboxylic acids is 2. The summed E-state index contributed by atoms with van der Waals surface area (Å²) in [4.78, 5) is 27.6. The molecule has 108 valence electrons.